The molecule has 0 saturated carbocycles. The van der Waals surface area contributed by atoms with Crippen molar-refractivity contribution in [2.24, 2.45) is 5.10 Å². The Morgan fingerprint density at radius 3 is 2.65 bits per heavy atom. The smallest absolute Gasteiger partial charge is 0.215 e. The van der Waals surface area contributed by atoms with Crippen molar-refractivity contribution in [1.29, 1.82) is 0 Å². The van der Waals surface area contributed by atoms with Crippen LogP contribution in [0.15, 0.2) is 29.4 Å². The Balaban J connectivity index is 1.42. The summed E-state index contributed by atoms with van der Waals surface area (Å²) in [5.41, 5.74) is 4.96. The number of anilines is 2. The van der Waals surface area contributed by atoms with Gasteiger partial charge in [0, 0.05) is 49.4 Å². The number of nitrogens with one attached hydrogen (secondary N) is 1. The fourth-order valence-corrected chi connectivity index (χ4v) is 4.35. The first-order chi connectivity index (χ1) is 15.3. The average molecular weight is 446 g/mol. The molecule has 0 unspecified atom stereocenters. The molecule has 9 heteroatoms. The molecule has 0 atom stereocenters. The van der Waals surface area contributed by atoms with Gasteiger partial charge in [-0.2, -0.15) is 5.10 Å². The molecule has 2 aromatic rings. The van der Waals surface area contributed by atoms with Crippen LogP contribution in [-0.2, 0) is 15.9 Å². The van der Waals surface area contributed by atoms with Crippen LogP contribution in [0.1, 0.15) is 17.5 Å². The van der Waals surface area contributed by atoms with Crippen LogP contribution in [0, 0.1) is 0 Å². The van der Waals surface area contributed by atoms with Gasteiger partial charge in [0.25, 0.3) is 0 Å². The number of pyridine rings is 1. The number of aryl methyl sites for hydroxylation is 1. The first kappa shape index (κ1) is 22.0. The number of hydrazone groups is 1. The van der Waals surface area contributed by atoms with Gasteiger partial charge in [-0.15, -0.1) is 11.3 Å². The molecule has 2 fully saturated rings. The molecule has 0 amide bonds. The van der Waals surface area contributed by atoms with Crippen molar-refractivity contribution < 1.29 is 14.2 Å². The molecule has 0 spiro atoms. The van der Waals surface area contributed by atoms with E-state index in [0.717, 1.165) is 82.0 Å². The highest BCUT2D eigenvalue weighted by Gasteiger charge is 2.15. The third kappa shape index (κ3) is 6.64. The summed E-state index contributed by atoms with van der Waals surface area (Å²) < 4.78 is 16.9. The predicted octanol–water partition coefficient (Wildman–Crippen LogP) is 2.70. The van der Waals surface area contributed by atoms with Gasteiger partial charge < -0.3 is 19.1 Å². The van der Waals surface area contributed by atoms with E-state index < -0.39 is 0 Å². The van der Waals surface area contributed by atoms with E-state index in [0.29, 0.717) is 12.5 Å². The Kier molecular flexibility index (Phi) is 8.11. The molecule has 2 aliphatic rings. The molecule has 0 bridgehead atoms. The minimum atomic E-state index is 0.601. The molecule has 0 aromatic carbocycles. The van der Waals surface area contributed by atoms with Crippen molar-refractivity contribution in [2.75, 3.05) is 76.1 Å². The van der Waals surface area contributed by atoms with E-state index in [1.54, 1.807) is 17.6 Å². The van der Waals surface area contributed by atoms with Gasteiger partial charge in [-0.3, -0.25) is 10.3 Å². The van der Waals surface area contributed by atoms with Crippen molar-refractivity contribution in [1.82, 2.24) is 9.88 Å². The van der Waals surface area contributed by atoms with Crippen LogP contribution in [-0.4, -0.2) is 81.9 Å². The zero-order valence-electron chi connectivity index (χ0n) is 18.1. The quantitative estimate of drug-likeness (QED) is 0.470. The number of aromatic nitrogens is 1. The predicted molar refractivity (Wildman–Crippen MR) is 125 cm³/mol. The van der Waals surface area contributed by atoms with Crippen molar-refractivity contribution in [3.63, 3.8) is 0 Å². The Hall–Kier alpha value is -2.20. The molecule has 2 saturated heterocycles. The average Bonchev–Trinajstić information content (AvgIpc) is 3.28. The van der Waals surface area contributed by atoms with E-state index in [-0.39, 0.29) is 0 Å². The van der Waals surface area contributed by atoms with E-state index in [1.807, 2.05) is 6.07 Å². The second kappa shape index (κ2) is 11.4. The summed E-state index contributed by atoms with van der Waals surface area (Å²) in [4.78, 5) is 10.6. The van der Waals surface area contributed by atoms with E-state index in [9.17, 15) is 0 Å². The third-order valence-electron chi connectivity index (χ3n) is 5.33. The second-order valence-electron chi connectivity index (χ2n) is 7.48. The summed E-state index contributed by atoms with van der Waals surface area (Å²) in [6, 6.07) is 8.25. The van der Waals surface area contributed by atoms with Crippen LogP contribution < -0.4 is 15.1 Å². The topological polar surface area (TPSA) is 71.5 Å². The van der Waals surface area contributed by atoms with Gasteiger partial charge in [0.1, 0.15) is 11.6 Å². The van der Waals surface area contributed by atoms with Crippen LogP contribution >= 0.6 is 11.3 Å². The number of thiophene rings is 1. The fourth-order valence-electron chi connectivity index (χ4n) is 3.55. The summed E-state index contributed by atoms with van der Waals surface area (Å²) in [7, 11) is 0. The first-order valence-corrected chi connectivity index (χ1v) is 11.8. The number of hydrogen-bond donors (Lipinski definition) is 1. The van der Waals surface area contributed by atoms with Gasteiger partial charge >= 0.3 is 0 Å². The molecule has 2 aromatic heterocycles. The maximum Gasteiger partial charge on any atom is 0.215 e. The van der Waals surface area contributed by atoms with Crippen molar-refractivity contribution in [2.45, 2.75) is 13.3 Å². The molecule has 168 valence electrons. The zero-order chi connectivity index (χ0) is 21.3. The summed E-state index contributed by atoms with van der Waals surface area (Å²) in [6.07, 6.45) is 2.79. The number of morpholine rings is 2. The molecule has 8 nitrogen and oxygen atoms in total. The minimum absolute atomic E-state index is 0.601. The lowest BCUT2D eigenvalue weighted by atomic mass is 10.2. The molecule has 0 aliphatic carbocycles. The maximum absolute atomic E-state index is 6.03. The molecular formula is C22H31N5O3S. The monoisotopic (exact) mass is 445 g/mol. The Morgan fingerprint density at radius 2 is 1.90 bits per heavy atom. The summed E-state index contributed by atoms with van der Waals surface area (Å²) in [6.45, 7) is 10.3. The fraction of sp³-hybridized carbons (Fsp3) is 0.545. The Labute approximate surface area is 187 Å². The van der Waals surface area contributed by atoms with Crippen LogP contribution in [0.2, 0.25) is 0 Å². The van der Waals surface area contributed by atoms with Gasteiger partial charge in [-0.05, 0) is 24.6 Å². The summed E-state index contributed by atoms with van der Waals surface area (Å²) >= 11 is 1.72. The van der Waals surface area contributed by atoms with Crippen molar-refractivity contribution in [3.8, 4) is 5.88 Å². The molecule has 31 heavy (non-hydrogen) atoms. The van der Waals surface area contributed by atoms with Crippen LogP contribution in [0.3, 0.4) is 0 Å². The highest BCUT2D eigenvalue weighted by Crippen LogP contribution is 2.23. The maximum atomic E-state index is 6.03. The van der Waals surface area contributed by atoms with Crippen LogP contribution in [0.25, 0.3) is 0 Å². The highest BCUT2D eigenvalue weighted by atomic mass is 32.1. The van der Waals surface area contributed by atoms with E-state index >= 15 is 0 Å². The normalized spacial score (nSPS) is 17.9. The number of nitrogens with zero attached hydrogens (tertiary/aromatic N) is 4. The van der Waals surface area contributed by atoms with Gasteiger partial charge in [-0.25, -0.2) is 4.98 Å². The first-order valence-electron chi connectivity index (χ1n) is 11.0. The lowest BCUT2D eigenvalue weighted by Gasteiger charge is -2.29. The minimum Gasteiger partial charge on any atom is -0.476 e. The lowest BCUT2D eigenvalue weighted by Crippen LogP contribution is -2.38. The highest BCUT2D eigenvalue weighted by molar-refractivity contribution is 7.16. The molecule has 2 aliphatic heterocycles. The standard InChI is InChI=1S/C22H31N5O3S/c1-2-20-3-4-22(31-20)25-23-17-18-15-19(27-8-12-29-13-9-27)16-21(24-18)30-14-7-26-5-10-28-11-6-26/h3-4,15-17,25H,2,5-14H2,1H3/b23-17+. The van der Waals surface area contributed by atoms with Crippen molar-refractivity contribution >= 4 is 28.2 Å². The number of hydrogen-bond acceptors (Lipinski definition) is 9. The van der Waals surface area contributed by atoms with Gasteiger partial charge in [0.2, 0.25) is 5.88 Å². The van der Waals surface area contributed by atoms with Crippen LogP contribution in [0.5, 0.6) is 5.88 Å². The summed E-state index contributed by atoms with van der Waals surface area (Å²) in [5.74, 6) is 0.628. The van der Waals surface area contributed by atoms with Crippen LogP contribution in [0.4, 0.5) is 10.7 Å². The van der Waals surface area contributed by atoms with E-state index in [4.69, 9.17) is 14.2 Å². The molecule has 4 heterocycles. The third-order valence-corrected chi connectivity index (χ3v) is 6.46. The number of rotatable bonds is 9. The van der Waals surface area contributed by atoms with Gasteiger partial charge in [0.15, 0.2) is 0 Å². The largest absolute Gasteiger partial charge is 0.476 e. The SMILES string of the molecule is CCc1ccc(N/N=C/c2cc(N3CCOCC3)cc(OCCN3CCOCC3)n2)s1. The lowest BCUT2D eigenvalue weighted by molar-refractivity contribution is 0.0320. The molecule has 4 rings (SSSR count). The Bertz CT molecular complexity index is 847. The summed E-state index contributed by atoms with van der Waals surface area (Å²) in [5, 5.41) is 5.42. The van der Waals surface area contributed by atoms with Gasteiger partial charge in [0.05, 0.1) is 38.3 Å². The van der Waals surface area contributed by atoms with E-state index in [2.05, 4.69) is 50.4 Å². The van der Waals surface area contributed by atoms with Crippen molar-refractivity contribution in [3.05, 3.63) is 34.8 Å². The Morgan fingerprint density at radius 1 is 1.13 bits per heavy atom. The molecule has 1 N–H and O–H groups in total. The zero-order valence-corrected chi connectivity index (χ0v) is 18.9. The number of ether oxygens (including phenoxy) is 3. The van der Waals surface area contributed by atoms with Gasteiger partial charge in [-0.1, -0.05) is 6.92 Å². The van der Waals surface area contributed by atoms with E-state index in [1.165, 1.54) is 4.88 Å². The molecule has 0 radical (unpaired) electrons. The second-order valence-corrected chi connectivity index (χ2v) is 8.65. The molecular weight excluding hydrogens is 414 g/mol.